The Morgan fingerprint density at radius 1 is 1.07 bits per heavy atom. The van der Waals surface area contributed by atoms with Crippen molar-refractivity contribution in [2.75, 3.05) is 0 Å². The summed E-state index contributed by atoms with van der Waals surface area (Å²) in [6.07, 6.45) is -9.92. The van der Waals surface area contributed by atoms with Gasteiger partial charge in [0.25, 0.3) is 0 Å². The Balaban J connectivity index is 0. The van der Waals surface area contributed by atoms with Gasteiger partial charge in [-0.2, -0.15) is 26.3 Å². The van der Waals surface area contributed by atoms with E-state index in [2.05, 4.69) is 6.58 Å². The van der Waals surface area contributed by atoms with Gasteiger partial charge in [-0.05, 0) is 0 Å². The van der Waals surface area contributed by atoms with Crippen LogP contribution < -0.4 is 0 Å². The fourth-order valence-corrected chi connectivity index (χ4v) is 0.161. The van der Waals surface area contributed by atoms with Crippen molar-refractivity contribution >= 4 is 5.97 Å². The zero-order valence-corrected chi connectivity index (χ0v) is 7.11. The van der Waals surface area contributed by atoms with E-state index in [0.29, 0.717) is 0 Å². The summed E-state index contributed by atoms with van der Waals surface area (Å²) in [5.41, 5.74) is -2.68. The van der Waals surface area contributed by atoms with Crippen molar-refractivity contribution in [3.05, 3.63) is 24.8 Å². The lowest BCUT2D eigenvalue weighted by atomic mass is 10.3. The lowest BCUT2D eigenvalue weighted by Crippen LogP contribution is -2.24. The van der Waals surface area contributed by atoms with Crippen molar-refractivity contribution in [1.29, 1.82) is 0 Å². The van der Waals surface area contributed by atoms with Gasteiger partial charge in [0.15, 0.2) is 0 Å². The molecular formula is C7H6F6O2. The lowest BCUT2D eigenvalue weighted by Gasteiger charge is -2.12. The summed E-state index contributed by atoms with van der Waals surface area (Å²) >= 11 is 0. The maximum Gasteiger partial charge on any atom is 0.420 e. The molecule has 88 valence electrons. The van der Waals surface area contributed by atoms with Crippen LogP contribution in [-0.2, 0) is 4.79 Å². The predicted molar refractivity (Wildman–Crippen MR) is 39.1 cm³/mol. The molecule has 0 aliphatic carbocycles. The second-order valence-electron chi connectivity index (χ2n) is 2.02. The van der Waals surface area contributed by atoms with Crippen LogP contribution in [0.1, 0.15) is 0 Å². The third kappa shape index (κ3) is 8.85. The summed E-state index contributed by atoms with van der Waals surface area (Å²) in [5.74, 6) is -0.981. The number of rotatable bonds is 1. The van der Waals surface area contributed by atoms with Gasteiger partial charge in [-0.15, -0.1) is 0 Å². The Labute approximate surface area is 80.5 Å². The van der Waals surface area contributed by atoms with Crippen LogP contribution in [0.4, 0.5) is 26.3 Å². The summed E-state index contributed by atoms with van der Waals surface area (Å²) in [7, 11) is 0. The summed E-state index contributed by atoms with van der Waals surface area (Å²) in [4.78, 5) is 9.25. The Morgan fingerprint density at radius 2 is 1.27 bits per heavy atom. The van der Waals surface area contributed by atoms with Gasteiger partial charge in [0.2, 0.25) is 0 Å². The van der Waals surface area contributed by atoms with Crippen LogP contribution >= 0.6 is 0 Å². The summed E-state index contributed by atoms with van der Waals surface area (Å²) in [5, 5.41) is 7.60. The van der Waals surface area contributed by atoms with Crippen molar-refractivity contribution in [2.24, 2.45) is 0 Å². The number of alkyl halides is 6. The number of carboxylic acid groups (broad SMARTS) is 1. The van der Waals surface area contributed by atoms with Gasteiger partial charge in [-0.3, -0.25) is 0 Å². The average molecular weight is 236 g/mol. The predicted octanol–water partition coefficient (Wildman–Crippen LogP) is 2.92. The van der Waals surface area contributed by atoms with Crippen molar-refractivity contribution in [3.63, 3.8) is 0 Å². The summed E-state index contributed by atoms with van der Waals surface area (Å²) < 4.78 is 66.8. The highest BCUT2D eigenvalue weighted by Gasteiger charge is 2.49. The molecule has 0 amide bonds. The van der Waals surface area contributed by atoms with E-state index in [1.54, 1.807) is 0 Å². The maximum atomic E-state index is 11.1. The van der Waals surface area contributed by atoms with Crippen LogP contribution in [0.2, 0.25) is 0 Å². The number of aliphatic carboxylic acids is 1. The van der Waals surface area contributed by atoms with Crippen LogP contribution in [0.25, 0.3) is 0 Å². The third-order valence-electron chi connectivity index (χ3n) is 0.859. The van der Waals surface area contributed by atoms with Gasteiger partial charge in [-0.25, -0.2) is 4.79 Å². The summed E-state index contributed by atoms with van der Waals surface area (Å²) in [6, 6.07) is 0. The van der Waals surface area contributed by atoms with Crippen LogP contribution in [-0.4, -0.2) is 23.4 Å². The van der Waals surface area contributed by atoms with Crippen molar-refractivity contribution < 1.29 is 36.2 Å². The fourth-order valence-electron chi connectivity index (χ4n) is 0.161. The van der Waals surface area contributed by atoms with Crippen molar-refractivity contribution in [1.82, 2.24) is 0 Å². The highest BCUT2D eigenvalue weighted by Crippen LogP contribution is 2.36. The molecule has 0 saturated carbocycles. The van der Waals surface area contributed by atoms with Crippen LogP contribution in [0, 0.1) is 0 Å². The first-order valence-corrected chi connectivity index (χ1v) is 3.11. The molecule has 0 saturated heterocycles. The molecule has 0 radical (unpaired) electrons. The van der Waals surface area contributed by atoms with Crippen molar-refractivity contribution in [2.45, 2.75) is 12.4 Å². The molecule has 0 aromatic heterocycles. The molecule has 15 heavy (non-hydrogen) atoms. The Morgan fingerprint density at radius 3 is 1.27 bits per heavy atom. The smallest absolute Gasteiger partial charge is 0.420 e. The zero-order chi connectivity index (χ0) is 12.9. The van der Waals surface area contributed by atoms with Gasteiger partial charge in [0, 0.05) is 6.08 Å². The molecule has 0 aromatic carbocycles. The molecule has 0 heterocycles. The van der Waals surface area contributed by atoms with E-state index in [1.807, 2.05) is 6.58 Å². The first-order valence-electron chi connectivity index (χ1n) is 3.11. The number of carbonyl (C=O) groups is 1. The molecule has 1 N–H and O–H groups in total. The molecule has 0 aromatic rings. The van der Waals surface area contributed by atoms with Gasteiger partial charge >= 0.3 is 18.3 Å². The van der Waals surface area contributed by atoms with Crippen LogP contribution in [0.15, 0.2) is 24.8 Å². The number of hydrogen-bond acceptors (Lipinski definition) is 1. The molecule has 0 aliphatic heterocycles. The maximum absolute atomic E-state index is 11.1. The van der Waals surface area contributed by atoms with E-state index >= 15 is 0 Å². The van der Waals surface area contributed by atoms with Gasteiger partial charge in [-0.1, -0.05) is 13.2 Å². The normalized spacial score (nSPS) is 11.1. The fraction of sp³-hybridized carbons (Fsp3) is 0.286. The average Bonchev–Trinajstić information content (AvgIpc) is 2.01. The minimum absolute atomic E-state index is 0.833. The third-order valence-corrected chi connectivity index (χ3v) is 0.859. The molecule has 0 bridgehead atoms. The van der Waals surface area contributed by atoms with Crippen LogP contribution in [0.5, 0.6) is 0 Å². The number of carboxylic acids is 1. The Bertz CT molecular complexity index is 233. The topological polar surface area (TPSA) is 37.3 Å². The second-order valence-corrected chi connectivity index (χ2v) is 2.02. The van der Waals surface area contributed by atoms with Gasteiger partial charge in [0.05, 0.1) is 0 Å². The van der Waals surface area contributed by atoms with E-state index in [0.717, 1.165) is 6.08 Å². The first-order chi connectivity index (χ1) is 6.42. The van der Waals surface area contributed by atoms with E-state index in [4.69, 9.17) is 5.11 Å². The highest BCUT2D eigenvalue weighted by molar-refractivity contribution is 5.78. The molecular weight excluding hydrogens is 230 g/mol. The van der Waals surface area contributed by atoms with E-state index in [9.17, 15) is 31.1 Å². The number of halogens is 6. The Hall–Kier alpha value is -1.47. The van der Waals surface area contributed by atoms with Gasteiger partial charge in [0.1, 0.15) is 5.57 Å². The lowest BCUT2D eigenvalue weighted by molar-refractivity contribution is -0.171. The van der Waals surface area contributed by atoms with Crippen molar-refractivity contribution in [3.8, 4) is 0 Å². The quantitative estimate of drug-likeness (QED) is 0.431. The minimum Gasteiger partial charge on any atom is -0.478 e. The largest absolute Gasteiger partial charge is 0.478 e. The van der Waals surface area contributed by atoms with Gasteiger partial charge < -0.3 is 5.11 Å². The van der Waals surface area contributed by atoms with E-state index in [-0.39, 0.29) is 0 Å². The SMILES string of the molecule is C=C(C(F)(F)F)C(F)(F)F.C=CC(=O)O. The summed E-state index contributed by atoms with van der Waals surface area (Å²) in [6.45, 7) is 4.81. The first kappa shape index (κ1) is 16.0. The number of allylic oxidation sites excluding steroid dienone is 1. The molecule has 0 unspecified atom stereocenters. The molecule has 0 rings (SSSR count). The molecule has 2 nitrogen and oxygen atoms in total. The second kappa shape index (κ2) is 5.42. The zero-order valence-electron chi connectivity index (χ0n) is 7.11. The molecule has 0 spiro atoms. The Kier molecular flexibility index (Phi) is 5.77. The molecule has 0 aliphatic rings. The van der Waals surface area contributed by atoms with Crippen LogP contribution in [0.3, 0.4) is 0 Å². The molecule has 0 atom stereocenters. The van der Waals surface area contributed by atoms with E-state index < -0.39 is 23.9 Å². The van der Waals surface area contributed by atoms with E-state index in [1.165, 1.54) is 0 Å². The monoisotopic (exact) mass is 236 g/mol. The molecule has 0 fully saturated rings. The number of hydrogen-bond donors (Lipinski definition) is 1. The highest BCUT2D eigenvalue weighted by atomic mass is 19.4. The minimum atomic E-state index is -5.38. The standard InChI is InChI=1S/C4H2F6.C3H4O2/c1-2(3(5,6)7)4(8,9)10;1-2-3(4)5/h1H2;2H,1H2,(H,4,5). The molecule has 8 heteroatoms.